The Morgan fingerprint density at radius 1 is 1.29 bits per heavy atom. The van der Waals surface area contributed by atoms with Gasteiger partial charge in [0.2, 0.25) is 5.91 Å². The van der Waals surface area contributed by atoms with Gasteiger partial charge in [-0.15, -0.1) is 0 Å². The van der Waals surface area contributed by atoms with Crippen LogP contribution in [0.4, 0.5) is 0 Å². The number of benzene rings is 1. The number of aliphatic carboxylic acids is 1. The summed E-state index contributed by atoms with van der Waals surface area (Å²) in [5.41, 5.74) is 7.31. The number of H-pyrrole nitrogens is 1. The Kier molecular flexibility index (Phi) is 5.70. The number of amides is 1. The second-order valence-corrected chi connectivity index (χ2v) is 5.78. The summed E-state index contributed by atoms with van der Waals surface area (Å²) in [5, 5.41) is 12.8. The molecule has 7 nitrogen and oxygen atoms in total. The summed E-state index contributed by atoms with van der Waals surface area (Å²) >= 11 is 0. The van der Waals surface area contributed by atoms with E-state index in [-0.39, 0.29) is 25.0 Å². The molecule has 128 valence electrons. The monoisotopic (exact) mass is 331 g/mol. The lowest BCUT2D eigenvalue weighted by Gasteiger charge is -2.15. The second kappa shape index (κ2) is 7.74. The molecule has 1 heterocycles. The fourth-order valence-electron chi connectivity index (χ4n) is 2.48. The predicted molar refractivity (Wildman–Crippen MR) is 89.5 cm³/mol. The molecule has 2 aromatic rings. The number of Topliss-reactive ketones (excluding diaryl/α,β-unsaturated/α-hetero) is 1. The molecule has 0 aliphatic rings. The van der Waals surface area contributed by atoms with Crippen molar-refractivity contribution in [3.63, 3.8) is 0 Å². The molecule has 2 rings (SSSR count). The molecular formula is C17H21N3O4. The average molecular weight is 331 g/mol. The molecule has 0 aliphatic heterocycles. The Bertz CT molecular complexity index is 753. The van der Waals surface area contributed by atoms with Gasteiger partial charge in [0.25, 0.3) is 0 Å². The first-order valence-electron chi connectivity index (χ1n) is 7.71. The van der Waals surface area contributed by atoms with Gasteiger partial charge in [0, 0.05) is 29.9 Å². The first kappa shape index (κ1) is 17.7. The first-order chi connectivity index (χ1) is 11.4. The third-order valence-corrected chi connectivity index (χ3v) is 3.94. The number of aromatic nitrogens is 1. The molecule has 1 aromatic carbocycles. The summed E-state index contributed by atoms with van der Waals surface area (Å²) in [6, 6.07) is 5.82. The van der Waals surface area contributed by atoms with E-state index >= 15 is 0 Å². The maximum atomic E-state index is 11.9. The summed E-state index contributed by atoms with van der Waals surface area (Å²) in [7, 11) is 0. The minimum atomic E-state index is -1.11. The smallest absolute Gasteiger partial charge is 0.326 e. The van der Waals surface area contributed by atoms with Crippen molar-refractivity contribution in [1.82, 2.24) is 10.3 Å². The van der Waals surface area contributed by atoms with Crippen LogP contribution in [-0.2, 0) is 20.8 Å². The number of hydrogen-bond donors (Lipinski definition) is 4. The quantitative estimate of drug-likeness (QED) is 0.574. The van der Waals surface area contributed by atoms with Gasteiger partial charge in [-0.2, -0.15) is 0 Å². The molecule has 0 aliphatic carbocycles. The van der Waals surface area contributed by atoms with Gasteiger partial charge in [0.15, 0.2) is 0 Å². The summed E-state index contributed by atoms with van der Waals surface area (Å²) in [6.07, 6.45) is 2.13. The van der Waals surface area contributed by atoms with Crippen molar-refractivity contribution in [2.75, 3.05) is 0 Å². The number of fused-ring (bicyclic) bond motifs is 1. The van der Waals surface area contributed by atoms with Gasteiger partial charge in [-0.3, -0.25) is 9.59 Å². The van der Waals surface area contributed by atoms with Crippen molar-refractivity contribution >= 4 is 28.6 Å². The maximum absolute atomic E-state index is 11.9. The number of carbonyl (C=O) groups excluding carboxylic acids is 2. The lowest BCUT2D eigenvalue weighted by Crippen LogP contribution is -2.43. The number of nitrogens with one attached hydrogen (secondary N) is 2. The molecule has 0 bridgehead atoms. The first-order valence-corrected chi connectivity index (χ1v) is 7.71. The van der Waals surface area contributed by atoms with Crippen molar-refractivity contribution in [1.29, 1.82) is 0 Å². The van der Waals surface area contributed by atoms with E-state index in [0.29, 0.717) is 0 Å². The summed E-state index contributed by atoms with van der Waals surface area (Å²) in [4.78, 5) is 37.5. The Labute approximate surface area is 139 Å². The zero-order valence-electron chi connectivity index (χ0n) is 13.4. The molecule has 2 atom stereocenters. The lowest BCUT2D eigenvalue weighted by molar-refractivity contribution is -0.141. The number of para-hydroxylation sites is 1. The van der Waals surface area contributed by atoms with E-state index in [1.165, 1.54) is 6.92 Å². The minimum absolute atomic E-state index is 0.0123. The highest BCUT2D eigenvalue weighted by Crippen LogP contribution is 2.19. The van der Waals surface area contributed by atoms with Gasteiger partial charge in [-0.1, -0.05) is 18.2 Å². The van der Waals surface area contributed by atoms with Gasteiger partial charge < -0.3 is 21.1 Å². The van der Waals surface area contributed by atoms with Crippen LogP contribution in [0.1, 0.15) is 25.3 Å². The normalized spacial score (nSPS) is 13.4. The van der Waals surface area contributed by atoms with Crippen molar-refractivity contribution in [2.24, 2.45) is 5.73 Å². The van der Waals surface area contributed by atoms with Gasteiger partial charge in [0.1, 0.15) is 11.8 Å². The Balaban J connectivity index is 2.01. The van der Waals surface area contributed by atoms with Crippen LogP contribution in [0.5, 0.6) is 0 Å². The van der Waals surface area contributed by atoms with E-state index in [4.69, 9.17) is 5.73 Å². The molecule has 1 aromatic heterocycles. The SMILES string of the molecule is CC(=O)[C@H](N)CCC(=O)N[C@H](Cc1c[nH]c2ccccc12)C(=O)O. The van der Waals surface area contributed by atoms with Crippen LogP contribution in [0.15, 0.2) is 30.5 Å². The van der Waals surface area contributed by atoms with E-state index in [1.54, 1.807) is 6.20 Å². The van der Waals surface area contributed by atoms with Crippen LogP contribution in [0.2, 0.25) is 0 Å². The number of nitrogens with two attached hydrogens (primary N) is 1. The third-order valence-electron chi connectivity index (χ3n) is 3.94. The van der Waals surface area contributed by atoms with Gasteiger partial charge in [-0.25, -0.2) is 4.79 Å². The van der Waals surface area contributed by atoms with Crippen molar-refractivity contribution in [3.05, 3.63) is 36.0 Å². The predicted octanol–water partition coefficient (Wildman–Crippen LogP) is 0.976. The summed E-state index contributed by atoms with van der Waals surface area (Å²) in [6.45, 7) is 1.36. The topological polar surface area (TPSA) is 125 Å². The second-order valence-electron chi connectivity index (χ2n) is 5.78. The van der Waals surface area contributed by atoms with Gasteiger partial charge in [-0.05, 0) is 25.0 Å². The molecule has 7 heteroatoms. The Morgan fingerprint density at radius 3 is 2.67 bits per heavy atom. The zero-order valence-corrected chi connectivity index (χ0v) is 13.4. The van der Waals surface area contributed by atoms with Crippen LogP contribution in [0, 0.1) is 0 Å². The number of rotatable bonds is 8. The largest absolute Gasteiger partial charge is 0.480 e. The number of carboxylic acids is 1. The molecule has 24 heavy (non-hydrogen) atoms. The molecule has 1 amide bonds. The number of hydrogen-bond acceptors (Lipinski definition) is 4. The van der Waals surface area contributed by atoms with E-state index in [1.807, 2.05) is 24.3 Å². The van der Waals surface area contributed by atoms with Crippen LogP contribution >= 0.6 is 0 Å². The molecule has 0 radical (unpaired) electrons. The summed E-state index contributed by atoms with van der Waals surface area (Å²) in [5.74, 6) is -1.74. The van der Waals surface area contributed by atoms with Crippen LogP contribution in [-0.4, -0.2) is 39.8 Å². The highest BCUT2D eigenvalue weighted by atomic mass is 16.4. The number of aromatic amines is 1. The van der Waals surface area contributed by atoms with Crippen LogP contribution in [0.25, 0.3) is 10.9 Å². The van der Waals surface area contributed by atoms with E-state index < -0.39 is 24.0 Å². The Morgan fingerprint density at radius 2 is 2.00 bits per heavy atom. The summed E-state index contributed by atoms with van der Waals surface area (Å²) < 4.78 is 0. The molecule has 0 spiro atoms. The van der Waals surface area contributed by atoms with Gasteiger partial charge in [0.05, 0.1) is 6.04 Å². The van der Waals surface area contributed by atoms with E-state index in [2.05, 4.69) is 10.3 Å². The third kappa shape index (κ3) is 4.42. The van der Waals surface area contributed by atoms with Gasteiger partial charge >= 0.3 is 5.97 Å². The number of ketones is 1. The molecule has 0 unspecified atom stereocenters. The molecular weight excluding hydrogens is 310 g/mol. The van der Waals surface area contributed by atoms with Crippen LogP contribution < -0.4 is 11.1 Å². The minimum Gasteiger partial charge on any atom is -0.480 e. The van der Waals surface area contributed by atoms with Crippen molar-refractivity contribution in [2.45, 2.75) is 38.3 Å². The standard InChI is InChI=1S/C17H21N3O4/c1-10(21)13(18)6-7-16(22)20-15(17(23)24)8-11-9-19-14-5-3-2-4-12(11)14/h2-5,9,13,15,19H,6-8,18H2,1H3,(H,20,22)(H,23,24)/t13-,15-/m1/s1. The maximum Gasteiger partial charge on any atom is 0.326 e. The van der Waals surface area contributed by atoms with Crippen LogP contribution in [0.3, 0.4) is 0 Å². The fraction of sp³-hybridized carbons (Fsp3) is 0.353. The zero-order chi connectivity index (χ0) is 17.7. The van der Waals surface area contributed by atoms with Crippen molar-refractivity contribution in [3.8, 4) is 0 Å². The number of carboxylic acid groups (broad SMARTS) is 1. The average Bonchev–Trinajstić information content (AvgIpc) is 2.95. The lowest BCUT2D eigenvalue weighted by atomic mass is 10.0. The molecule has 5 N–H and O–H groups in total. The highest BCUT2D eigenvalue weighted by molar-refractivity contribution is 5.87. The fourth-order valence-corrected chi connectivity index (χ4v) is 2.48. The molecule has 0 fully saturated rings. The van der Waals surface area contributed by atoms with E-state index in [9.17, 15) is 19.5 Å². The van der Waals surface area contributed by atoms with E-state index in [0.717, 1.165) is 16.5 Å². The molecule has 0 saturated carbocycles. The number of carbonyl (C=O) groups is 3. The van der Waals surface area contributed by atoms with Crippen molar-refractivity contribution < 1.29 is 19.5 Å². The highest BCUT2D eigenvalue weighted by Gasteiger charge is 2.22. The Hall–Kier alpha value is -2.67. The molecule has 0 saturated heterocycles.